The number of halogens is 2. The van der Waals surface area contributed by atoms with E-state index < -0.39 is 5.82 Å². The normalized spacial score (nSPS) is 12.8. The minimum atomic E-state index is -0.508. The van der Waals surface area contributed by atoms with Crippen molar-refractivity contribution >= 4 is 21.8 Å². The summed E-state index contributed by atoms with van der Waals surface area (Å²) in [6, 6.07) is 4.57. The van der Waals surface area contributed by atoms with Gasteiger partial charge in [-0.1, -0.05) is 29.8 Å². The van der Waals surface area contributed by atoms with Gasteiger partial charge in [-0.3, -0.25) is 4.79 Å². The van der Waals surface area contributed by atoms with Gasteiger partial charge < -0.3 is 10.2 Å². The largest absolute Gasteiger partial charge is 0.350 e. The quantitative estimate of drug-likeness (QED) is 0.900. The summed E-state index contributed by atoms with van der Waals surface area (Å²) in [6.45, 7) is 4.68. The second-order valence-corrected chi connectivity index (χ2v) is 6.02. The summed E-state index contributed by atoms with van der Waals surface area (Å²) in [4.78, 5) is 14.0. The van der Waals surface area contributed by atoms with Crippen molar-refractivity contribution in [3.8, 4) is 0 Å². The number of hydrogen-bond donors (Lipinski definition) is 1. The molecule has 5 heteroatoms. The van der Waals surface area contributed by atoms with Crippen LogP contribution >= 0.6 is 15.9 Å². The average Bonchev–Trinajstić information content (AvgIpc) is 2.31. The Bertz CT molecular complexity index is 441. The number of likely N-dealkylation sites (N-methyl/N-ethyl adjacent to an activating group) is 1. The van der Waals surface area contributed by atoms with E-state index >= 15 is 0 Å². The van der Waals surface area contributed by atoms with Crippen molar-refractivity contribution in [2.75, 3.05) is 20.6 Å². The minimum Gasteiger partial charge on any atom is -0.350 e. The summed E-state index contributed by atoms with van der Waals surface area (Å²) >= 11 is 3.24. The van der Waals surface area contributed by atoms with Crippen molar-refractivity contribution < 1.29 is 9.18 Å². The predicted molar refractivity (Wildman–Crippen MR) is 78.7 cm³/mol. The van der Waals surface area contributed by atoms with Gasteiger partial charge in [-0.2, -0.15) is 0 Å². The Morgan fingerprint density at radius 3 is 2.58 bits per heavy atom. The molecule has 1 unspecified atom stereocenters. The zero-order chi connectivity index (χ0) is 14.6. The molecule has 1 amide bonds. The van der Waals surface area contributed by atoms with E-state index in [9.17, 15) is 9.18 Å². The lowest BCUT2D eigenvalue weighted by molar-refractivity contribution is 0.0930. The fourth-order valence-corrected chi connectivity index (χ4v) is 2.34. The summed E-state index contributed by atoms with van der Waals surface area (Å²) in [5.74, 6) is -0.486. The summed E-state index contributed by atoms with van der Waals surface area (Å²) in [5.41, 5.74) is 0.0654. The number of rotatable bonds is 5. The molecule has 1 aromatic carbocycles. The molecule has 0 aromatic heterocycles. The van der Waals surface area contributed by atoms with Crippen LogP contribution in [0.4, 0.5) is 4.39 Å². The topological polar surface area (TPSA) is 32.3 Å². The van der Waals surface area contributed by atoms with Gasteiger partial charge in [-0.25, -0.2) is 4.39 Å². The van der Waals surface area contributed by atoms with Crippen LogP contribution in [0.25, 0.3) is 0 Å². The van der Waals surface area contributed by atoms with Crippen LogP contribution in [0.15, 0.2) is 22.7 Å². The number of hydrogen-bond acceptors (Lipinski definition) is 2. The molecule has 0 saturated heterocycles. The van der Waals surface area contributed by atoms with E-state index in [2.05, 4.69) is 40.0 Å². The van der Waals surface area contributed by atoms with Crippen molar-refractivity contribution in [2.24, 2.45) is 5.92 Å². The van der Waals surface area contributed by atoms with Gasteiger partial charge in [0.1, 0.15) is 5.82 Å². The third-order valence-corrected chi connectivity index (χ3v) is 3.57. The van der Waals surface area contributed by atoms with Gasteiger partial charge in [-0.15, -0.1) is 0 Å². The highest BCUT2D eigenvalue weighted by Crippen LogP contribution is 2.15. The molecule has 0 spiro atoms. The lowest BCUT2D eigenvalue weighted by Crippen LogP contribution is -2.43. The first-order chi connectivity index (χ1) is 8.82. The number of nitrogens with zero attached hydrogens (tertiary/aromatic N) is 1. The molecule has 0 heterocycles. The first kappa shape index (κ1) is 16.1. The van der Waals surface area contributed by atoms with E-state index in [0.717, 1.165) is 0 Å². The molecule has 1 N–H and O–H groups in total. The minimum absolute atomic E-state index is 0.0654. The summed E-state index contributed by atoms with van der Waals surface area (Å²) in [5, 5.41) is 2.79. The zero-order valence-corrected chi connectivity index (χ0v) is 13.3. The Morgan fingerprint density at radius 1 is 1.42 bits per heavy atom. The van der Waals surface area contributed by atoms with Crippen molar-refractivity contribution in [1.82, 2.24) is 10.2 Å². The molecular weight excluding hydrogens is 311 g/mol. The number of benzene rings is 1. The van der Waals surface area contributed by atoms with Crippen molar-refractivity contribution in [3.05, 3.63) is 34.1 Å². The van der Waals surface area contributed by atoms with Gasteiger partial charge in [0.2, 0.25) is 0 Å². The maximum Gasteiger partial charge on any atom is 0.254 e. The van der Waals surface area contributed by atoms with Crippen molar-refractivity contribution in [2.45, 2.75) is 19.9 Å². The summed E-state index contributed by atoms with van der Waals surface area (Å²) in [6.07, 6.45) is 0. The second-order valence-electron chi connectivity index (χ2n) is 5.11. The Balaban J connectivity index is 2.72. The Labute approximate surface area is 122 Å². The van der Waals surface area contributed by atoms with Gasteiger partial charge >= 0.3 is 0 Å². The number of amides is 1. The van der Waals surface area contributed by atoms with Gasteiger partial charge in [0.15, 0.2) is 0 Å². The first-order valence-electron chi connectivity index (χ1n) is 6.22. The van der Waals surface area contributed by atoms with Crippen LogP contribution in [0, 0.1) is 11.7 Å². The Hall–Kier alpha value is -0.940. The fourth-order valence-electron chi connectivity index (χ4n) is 1.98. The first-order valence-corrected chi connectivity index (χ1v) is 7.02. The lowest BCUT2D eigenvalue weighted by Gasteiger charge is -2.28. The molecule has 0 radical (unpaired) electrons. The summed E-state index contributed by atoms with van der Waals surface area (Å²) < 4.78 is 14.3. The smallest absolute Gasteiger partial charge is 0.254 e. The molecule has 0 aliphatic carbocycles. The van der Waals surface area contributed by atoms with Crippen molar-refractivity contribution in [3.63, 3.8) is 0 Å². The van der Waals surface area contributed by atoms with Crippen molar-refractivity contribution in [1.29, 1.82) is 0 Å². The number of carbonyl (C=O) groups excluding carboxylic acids is 1. The average molecular weight is 331 g/mol. The van der Waals surface area contributed by atoms with E-state index in [-0.39, 0.29) is 17.5 Å². The zero-order valence-electron chi connectivity index (χ0n) is 11.7. The summed E-state index contributed by atoms with van der Waals surface area (Å²) in [7, 11) is 3.94. The van der Waals surface area contributed by atoms with Crippen LogP contribution in [-0.4, -0.2) is 37.5 Å². The molecule has 1 rings (SSSR count). The lowest BCUT2D eigenvalue weighted by atomic mass is 10.0. The van der Waals surface area contributed by atoms with Crippen LogP contribution in [-0.2, 0) is 0 Å². The second kappa shape index (κ2) is 7.01. The predicted octanol–water partition coefficient (Wildman–Crippen LogP) is 2.90. The molecular formula is C14H20BrFN2O. The van der Waals surface area contributed by atoms with Gasteiger partial charge in [0.25, 0.3) is 5.91 Å². The highest BCUT2D eigenvalue weighted by atomic mass is 79.9. The SMILES string of the molecule is CC(C)C(CNC(=O)c1cc(Br)ccc1F)N(C)C. The molecule has 106 valence electrons. The van der Waals surface area contributed by atoms with Crippen LogP contribution in [0.1, 0.15) is 24.2 Å². The molecule has 0 aliphatic rings. The van der Waals surface area contributed by atoms with Crippen LogP contribution in [0.5, 0.6) is 0 Å². The van der Waals surface area contributed by atoms with E-state index in [0.29, 0.717) is 16.9 Å². The number of carbonyl (C=O) groups is 1. The van der Waals surface area contributed by atoms with Gasteiger partial charge in [0, 0.05) is 17.1 Å². The number of nitrogens with one attached hydrogen (secondary N) is 1. The standard InChI is InChI=1S/C14H20BrFN2O/c1-9(2)13(18(3)4)8-17-14(19)11-7-10(15)5-6-12(11)16/h5-7,9,13H,8H2,1-4H3,(H,17,19). The molecule has 0 saturated carbocycles. The molecule has 0 fully saturated rings. The molecule has 3 nitrogen and oxygen atoms in total. The fraction of sp³-hybridized carbons (Fsp3) is 0.500. The van der Waals surface area contributed by atoms with Gasteiger partial charge in [0.05, 0.1) is 5.56 Å². The molecule has 1 aromatic rings. The van der Waals surface area contributed by atoms with E-state index in [1.54, 1.807) is 6.07 Å². The Morgan fingerprint density at radius 2 is 2.05 bits per heavy atom. The third kappa shape index (κ3) is 4.58. The molecule has 1 atom stereocenters. The van der Waals surface area contributed by atoms with Crippen LogP contribution < -0.4 is 5.32 Å². The molecule has 0 bridgehead atoms. The maximum absolute atomic E-state index is 13.6. The van der Waals surface area contributed by atoms with E-state index in [1.807, 2.05) is 14.1 Å². The van der Waals surface area contributed by atoms with E-state index in [1.165, 1.54) is 12.1 Å². The van der Waals surface area contributed by atoms with Crippen LogP contribution in [0.3, 0.4) is 0 Å². The third-order valence-electron chi connectivity index (χ3n) is 3.08. The highest BCUT2D eigenvalue weighted by molar-refractivity contribution is 9.10. The van der Waals surface area contributed by atoms with E-state index in [4.69, 9.17) is 0 Å². The van der Waals surface area contributed by atoms with Gasteiger partial charge in [-0.05, 0) is 38.2 Å². The maximum atomic E-state index is 13.6. The molecule has 0 aliphatic heterocycles. The van der Waals surface area contributed by atoms with Crippen LogP contribution in [0.2, 0.25) is 0 Å². The monoisotopic (exact) mass is 330 g/mol. The Kier molecular flexibility index (Phi) is 5.94. The molecule has 19 heavy (non-hydrogen) atoms. The highest BCUT2D eigenvalue weighted by Gasteiger charge is 2.18.